The molecule has 0 atom stereocenters. The van der Waals surface area contributed by atoms with Gasteiger partial charge in [0.15, 0.2) is 0 Å². The number of rotatable bonds is 4. The van der Waals surface area contributed by atoms with Crippen LogP contribution in [0.3, 0.4) is 0 Å². The number of hydrogen-bond donors (Lipinski definition) is 2. The van der Waals surface area contributed by atoms with E-state index in [4.69, 9.17) is 11.1 Å². The standard InChI is InChI=1S/C8H14N4O2/c1-2-3-6-12(8(14)11-10)7(13)4-5-9/h2-4,6,10H2,1H3,(H,11,14). The van der Waals surface area contributed by atoms with E-state index in [-0.39, 0.29) is 6.42 Å². The Morgan fingerprint density at radius 2 is 2.21 bits per heavy atom. The summed E-state index contributed by atoms with van der Waals surface area (Å²) >= 11 is 0. The number of nitriles is 1. The van der Waals surface area contributed by atoms with Crippen LogP contribution >= 0.6 is 0 Å². The van der Waals surface area contributed by atoms with Crippen molar-refractivity contribution in [3.05, 3.63) is 0 Å². The SMILES string of the molecule is CCCCN(C(=O)CC#N)C(=O)NN. The summed E-state index contributed by atoms with van der Waals surface area (Å²) in [7, 11) is 0. The normalized spacial score (nSPS) is 8.93. The van der Waals surface area contributed by atoms with Gasteiger partial charge in [-0.25, -0.2) is 10.6 Å². The number of hydrogen-bond acceptors (Lipinski definition) is 4. The van der Waals surface area contributed by atoms with Crippen molar-refractivity contribution < 1.29 is 9.59 Å². The molecule has 0 aliphatic carbocycles. The summed E-state index contributed by atoms with van der Waals surface area (Å²) in [5.74, 6) is 4.38. The van der Waals surface area contributed by atoms with Crippen LogP contribution in [-0.4, -0.2) is 23.4 Å². The summed E-state index contributed by atoms with van der Waals surface area (Å²) in [6.07, 6.45) is 1.25. The van der Waals surface area contributed by atoms with Crippen molar-refractivity contribution in [1.82, 2.24) is 10.3 Å². The molecular weight excluding hydrogens is 184 g/mol. The predicted molar refractivity (Wildman–Crippen MR) is 49.6 cm³/mol. The van der Waals surface area contributed by atoms with Crippen molar-refractivity contribution in [1.29, 1.82) is 5.26 Å². The van der Waals surface area contributed by atoms with E-state index in [1.807, 2.05) is 12.3 Å². The fourth-order valence-corrected chi connectivity index (χ4v) is 0.897. The number of unbranched alkanes of at least 4 members (excludes halogenated alkanes) is 1. The maximum atomic E-state index is 11.2. The highest BCUT2D eigenvalue weighted by Gasteiger charge is 2.19. The molecule has 0 fully saturated rings. The molecule has 0 aliphatic heterocycles. The van der Waals surface area contributed by atoms with Gasteiger partial charge in [-0.3, -0.25) is 15.1 Å². The van der Waals surface area contributed by atoms with Crippen molar-refractivity contribution in [2.24, 2.45) is 5.84 Å². The van der Waals surface area contributed by atoms with E-state index in [1.165, 1.54) is 0 Å². The molecule has 3 N–H and O–H groups in total. The largest absolute Gasteiger partial charge is 0.338 e. The fourth-order valence-electron chi connectivity index (χ4n) is 0.897. The number of nitrogens with one attached hydrogen (secondary N) is 1. The first-order valence-electron chi connectivity index (χ1n) is 4.35. The number of amides is 3. The highest BCUT2D eigenvalue weighted by atomic mass is 16.2. The smallest absolute Gasteiger partial charge is 0.275 e. The lowest BCUT2D eigenvalue weighted by Gasteiger charge is -2.18. The molecule has 0 spiro atoms. The van der Waals surface area contributed by atoms with Gasteiger partial charge in [0, 0.05) is 6.54 Å². The lowest BCUT2D eigenvalue weighted by molar-refractivity contribution is -0.127. The molecule has 0 heterocycles. The number of nitrogens with zero attached hydrogens (tertiary/aromatic N) is 2. The first-order chi connectivity index (χ1) is 6.67. The molecule has 3 amide bonds. The third kappa shape index (κ3) is 3.87. The van der Waals surface area contributed by atoms with Crippen LogP contribution in [0.5, 0.6) is 0 Å². The van der Waals surface area contributed by atoms with Crippen LogP contribution in [-0.2, 0) is 4.79 Å². The summed E-state index contributed by atoms with van der Waals surface area (Å²) in [5.41, 5.74) is 1.87. The summed E-state index contributed by atoms with van der Waals surface area (Å²) in [6.45, 7) is 2.23. The number of carbonyl (C=O) groups is 2. The molecule has 0 bridgehead atoms. The van der Waals surface area contributed by atoms with Gasteiger partial charge in [-0.2, -0.15) is 5.26 Å². The number of nitrogens with two attached hydrogens (primary N) is 1. The van der Waals surface area contributed by atoms with E-state index in [2.05, 4.69) is 0 Å². The Morgan fingerprint density at radius 1 is 1.57 bits per heavy atom. The molecule has 0 aromatic heterocycles. The molecule has 0 unspecified atom stereocenters. The average Bonchev–Trinajstić information content (AvgIpc) is 2.18. The zero-order valence-corrected chi connectivity index (χ0v) is 8.12. The second kappa shape index (κ2) is 6.86. The molecule has 0 saturated heterocycles. The van der Waals surface area contributed by atoms with Gasteiger partial charge >= 0.3 is 6.03 Å². The Labute approximate surface area is 82.6 Å². The van der Waals surface area contributed by atoms with Crippen molar-refractivity contribution in [3.63, 3.8) is 0 Å². The summed E-state index contributed by atoms with van der Waals surface area (Å²) in [5, 5.41) is 8.31. The fraction of sp³-hybridized carbons (Fsp3) is 0.625. The Kier molecular flexibility index (Phi) is 6.07. The van der Waals surface area contributed by atoms with Crippen molar-refractivity contribution in [2.75, 3.05) is 6.54 Å². The van der Waals surface area contributed by atoms with Gasteiger partial charge in [-0.1, -0.05) is 13.3 Å². The molecule has 6 heteroatoms. The maximum absolute atomic E-state index is 11.2. The highest BCUT2D eigenvalue weighted by molar-refractivity contribution is 5.94. The van der Waals surface area contributed by atoms with E-state index < -0.39 is 11.9 Å². The van der Waals surface area contributed by atoms with Crippen LogP contribution in [0.25, 0.3) is 0 Å². The zero-order chi connectivity index (χ0) is 11.0. The van der Waals surface area contributed by atoms with E-state index in [0.717, 1.165) is 11.3 Å². The first kappa shape index (κ1) is 12.4. The molecular formula is C8H14N4O2. The minimum Gasteiger partial charge on any atom is -0.275 e. The molecule has 0 radical (unpaired) electrons. The molecule has 0 aromatic rings. The number of hydrazine groups is 1. The van der Waals surface area contributed by atoms with Gasteiger partial charge in [0.2, 0.25) is 5.91 Å². The molecule has 0 aliphatic rings. The summed E-state index contributed by atoms with van der Waals surface area (Å²) < 4.78 is 0. The molecule has 14 heavy (non-hydrogen) atoms. The maximum Gasteiger partial charge on any atom is 0.338 e. The van der Waals surface area contributed by atoms with E-state index >= 15 is 0 Å². The third-order valence-corrected chi connectivity index (χ3v) is 1.64. The van der Waals surface area contributed by atoms with E-state index in [9.17, 15) is 9.59 Å². The van der Waals surface area contributed by atoms with Crippen molar-refractivity contribution in [3.8, 4) is 6.07 Å². The minimum atomic E-state index is -0.668. The van der Waals surface area contributed by atoms with Crippen molar-refractivity contribution >= 4 is 11.9 Å². The van der Waals surface area contributed by atoms with E-state index in [1.54, 1.807) is 6.07 Å². The average molecular weight is 198 g/mol. The molecule has 0 saturated carbocycles. The first-order valence-corrected chi connectivity index (χ1v) is 4.35. The second-order valence-electron chi connectivity index (χ2n) is 2.68. The van der Waals surface area contributed by atoms with Gasteiger partial charge in [0.1, 0.15) is 6.42 Å². The number of urea groups is 1. The zero-order valence-electron chi connectivity index (χ0n) is 8.12. The molecule has 0 rings (SSSR count). The number of carbonyl (C=O) groups excluding carboxylic acids is 2. The molecule has 78 valence electrons. The van der Waals surface area contributed by atoms with Crippen LogP contribution in [0, 0.1) is 11.3 Å². The van der Waals surface area contributed by atoms with Gasteiger partial charge < -0.3 is 0 Å². The topological polar surface area (TPSA) is 99.2 Å². The van der Waals surface area contributed by atoms with Gasteiger partial charge in [0.05, 0.1) is 6.07 Å². The predicted octanol–water partition coefficient (Wildman–Crippen LogP) is 0.112. The minimum absolute atomic E-state index is 0.292. The van der Waals surface area contributed by atoms with Gasteiger partial charge in [-0.05, 0) is 6.42 Å². The third-order valence-electron chi connectivity index (χ3n) is 1.64. The summed E-state index contributed by atoms with van der Waals surface area (Å²) in [6, 6.07) is 1.02. The number of imide groups is 1. The van der Waals surface area contributed by atoms with Crippen LogP contribution in [0.4, 0.5) is 4.79 Å². The monoisotopic (exact) mass is 198 g/mol. The Balaban J connectivity index is 4.31. The van der Waals surface area contributed by atoms with Gasteiger partial charge in [0.25, 0.3) is 0 Å². The van der Waals surface area contributed by atoms with Crippen molar-refractivity contribution in [2.45, 2.75) is 26.2 Å². The molecule has 0 aromatic carbocycles. The lowest BCUT2D eigenvalue weighted by atomic mass is 10.3. The Bertz CT molecular complexity index is 246. The van der Waals surface area contributed by atoms with Gasteiger partial charge in [-0.15, -0.1) is 0 Å². The van der Waals surface area contributed by atoms with Crippen LogP contribution in [0.15, 0.2) is 0 Å². The van der Waals surface area contributed by atoms with E-state index in [0.29, 0.717) is 13.0 Å². The lowest BCUT2D eigenvalue weighted by Crippen LogP contribution is -2.46. The van der Waals surface area contributed by atoms with Crippen LogP contribution in [0.2, 0.25) is 0 Å². The summed E-state index contributed by atoms with van der Waals surface area (Å²) in [4.78, 5) is 23.3. The second-order valence-corrected chi connectivity index (χ2v) is 2.68. The highest BCUT2D eigenvalue weighted by Crippen LogP contribution is 1.98. The van der Waals surface area contributed by atoms with Crippen LogP contribution < -0.4 is 11.3 Å². The Hall–Kier alpha value is -1.61. The Morgan fingerprint density at radius 3 is 2.64 bits per heavy atom. The quantitative estimate of drug-likeness (QED) is 0.380. The molecule has 6 nitrogen and oxygen atoms in total. The van der Waals surface area contributed by atoms with Crippen LogP contribution in [0.1, 0.15) is 26.2 Å².